The molecule has 1 aromatic carbocycles. The first kappa shape index (κ1) is 25.2. The van der Waals surface area contributed by atoms with Crippen molar-refractivity contribution in [3.05, 3.63) is 64.8 Å². The van der Waals surface area contributed by atoms with Gasteiger partial charge in [-0.2, -0.15) is 0 Å². The number of hydrogen-bond acceptors (Lipinski definition) is 6. The van der Waals surface area contributed by atoms with Gasteiger partial charge in [-0.15, -0.1) is 0 Å². The fraction of sp³-hybridized carbons (Fsp3) is 0.393. The van der Waals surface area contributed by atoms with E-state index in [-0.39, 0.29) is 17.1 Å². The Kier molecular flexibility index (Phi) is 7.92. The van der Waals surface area contributed by atoms with Crippen LogP contribution in [0, 0.1) is 0 Å². The van der Waals surface area contributed by atoms with E-state index in [0.717, 1.165) is 22.2 Å². The number of anilines is 1. The van der Waals surface area contributed by atoms with Gasteiger partial charge in [0.05, 0.1) is 17.7 Å². The average Bonchev–Trinajstić information content (AvgIpc) is 2.81. The van der Waals surface area contributed by atoms with Gasteiger partial charge in [0.25, 0.3) is 0 Å². The van der Waals surface area contributed by atoms with Crippen LogP contribution in [0.3, 0.4) is 0 Å². The largest absolute Gasteiger partial charge is 0.466 e. The molecule has 0 atom stereocenters. The minimum Gasteiger partial charge on any atom is -0.466 e. The van der Waals surface area contributed by atoms with Crippen molar-refractivity contribution in [2.24, 2.45) is 0 Å². The van der Waals surface area contributed by atoms with E-state index < -0.39 is 0 Å². The zero-order valence-corrected chi connectivity index (χ0v) is 21.0. The third-order valence-electron chi connectivity index (χ3n) is 5.89. The summed E-state index contributed by atoms with van der Waals surface area (Å²) < 4.78 is 10.8. The lowest BCUT2D eigenvalue weighted by molar-refractivity contribution is -0.143. The van der Waals surface area contributed by atoms with Crippen LogP contribution in [0.2, 0.25) is 0 Å². The van der Waals surface area contributed by atoms with Crippen LogP contribution in [0.25, 0.3) is 27.7 Å². The number of rotatable bonds is 6. The number of aromatic nitrogens is 1. The van der Waals surface area contributed by atoms with Crippen molar-refractivity contribution in [1.82, 2.24) is 4.98 Å². The SMILES string of the molecule is CC.CCOC(=O)CCCN1c2cc3oc(=O)c(-c4ccncc4)cc3cc2C(C)=CC1(C)C. The topological polar surface area (TPSA) is 72.6 Å². The molecule has 3 heterocycles. The van der Waals surface area contributed by atoms with Crippen molar-refractivity contribution in [3.63, 3.8) is 0 Å². The molecule has 180 valence electrons. The van der Waals surface area contributed by atoms with E-state index in [1.807, 2.05) is 32.9 Å². The number of benzene rings is 1. The maximum absolute atomic E-state index is 12.7. The molecule has 4 rings (SSSR count). The summed E-state index contributed by atoms with van der Waals surface area (Å²) in [5.41, 5.74) is 4.51. The Labute approximate surface area is 201 Å². The van der Waals surface area contributed by atoms with Gasteiger partial charge in [-0.05, 0) is 69.5 Å². The van der Waals surface area contributed by atoms with E-state index in [9.17, 15) is 9.59 Å². The summed E-state index contributed by atoms with van der Waals surface area (Å²) in [6.45, 7) is 13.3. The third-order valence-corrected chi connectivity index (χ3v) is 5.89. The summed E-state index contributed by atoms with van der Waals surface area (Å²) in [5.74, 6) is -0.178. The molecule has 0 spiro atoms. The Morgan fingerprint density at radius 1 is 1.12 bits per heavy atom. The first-order chi connectivity index (χ1) is 16.3. The lowest BCUT2D eigenvalue weighted by atomic mass is 9.87. The number of hydrogen-bond donors (Lipinski definition) is 0. The maximum atomic E-state index is 12.7. The maximum Gasteiger partial charge on any atom is 0.344 e. The Morgan fingerprint density at radius 2 is 1.79 bits per heavy atom. The fourth-order valence-electron chi connectivity index (χ4n) is 4.45. The second-order valence-electron chi connectivity index (χ2n) is 8.63. The van der Waals surface area contributed by atoms with E-state index in [1.54, 1.807) is 24.5 Å². The molecule has 1 aliphatic rings. The smallest absolute Gasteiger partial charge is 0.344 e. The van der Waals surface area contributed by atoms with Gasteiger partial charge in [-0.25, -0.2) is 4.79 Å². The molecule has 2 aromatic heterocycles. The van der Waals surface area contributed by atoms with Crippen LogP contribution in [0.1, 0.15) is 59.9 Å². The van der Waals surface area contributed by atoms with E-state index >= 15 is 0 Å². The highest BCUT2D eigenvalue weighted by atomic mass is 16.5. The first-order valence-corrected chi connectivity index (χ1v) is 12.0. The van der Waals surface area contributed by atoms with Crippen LogP contribution in [-0.4, -0.2) is 29.6 Å². The van der Waals surface area contributed by atoms with Gasteiger partial charge >= 0.3 is 11.6 Å². The van der Waals surface area contributed by atoms with E-state index in [1.165, 1.54) is 5.57 Å². The fourth-order valence-corrected chi connectivity index (χ4v) is 4.45. The van der Waals surface area contributed by atoms with E-state index in [0.29, 0.717) is 37.1 Å². The number of carbonyl (C=O) groups is 1. The average molecular weight is 463 g/mol. The van der Waals surface area contributed by atoms with Crippen LogP contribution in [0.4, 0.5) is 5.69 Å². The van der Waals surface area contributed by atoms with Crippen molar-refractivity contribution >= 4 is 28.2 Å². The van der Waals surface area contributed by atoms with Crippen LogP contribution >= 0.6 is 0 Å². The highest BCUT2D eigenvalue weighted by molar-refractivity contribution is 5.93. The minimum atomic E-state index is -0.375. The first-order valence-electron chi connectivity index (χ1n) is 12.0. The summed E-state index contributed by atoms with van der Waals surface area (Å²) in [6.07, 6.45) is 6.62. The molecule has 0 saturated heterocycles. The summed E-state index contributed by atoms with van der Waals surface area (Å²) in [4.78, 5) is 30.8. The molecule has 0 aliphatic carbocycles. The van der Waals surface area contributed by atoms with Gasteiger partial charge in [0.15, 0.2) is 0 Å². The Hall–Kier alpha value is -3.41. The van der Waals surface area contributed by atoms with Gasteiger partial charge in [0, 0.05) is 48.1 Å². The second-order valence-corrected chi connectivity index (χ2v) is 8.63. The molecule has 34 heavy (non-hydrogen) atoms. The van der Waals surface area contributed by atoms with Crippen molar-refractivity contribution in [3.8, 4) is 11.1 Å². The molecule has 0 N–H and O–H groups in total. The molecule has 0 unspecified atom stereocenters. The number of allylic oxidation sites excluding steroid dienone is 1. The zero-order chi connectivity index (χ0) is 24.9. The predicted molar refractivity (Wildman–Crippen MR) is 138 cm³/mol. The number of pyridine rings is 1. The molecule has 6 nitrogen and oxygen atoms in total. The second kappa shape index (κ2) is 10.7. The van der Waals surface area contributed by atoms with Gasteiger partial charge in [0.2, 0.25) is 0 Å². The summed E-state index contributed by atoms with van der Waals surface area (Å²) in [7, 11) is 0. The molecular formula is C28H34N2O4. The van der Waals surface area contributed by atoms with E-state index in [4.69, 9.17) is 9.15 Å². The number of esters is 1. The Bertz CT molecular complexity index is 1240. The molecule has 0 radical (unpaired) electrons. The minimum absolute atomic E-state index is 0.178. The van der Waals surface area contributed by atoms with E-state index in [2.05, 4.69) is 42.8 Å². The van der Waals surface area contributed by atoms with Crippen LogP contribution in [-0.2, 0) is 9.53 Å². The molecule has 0 fully saturated rings. The van der Waals surface area contributed by atoms with Crippen molar-refractivity contribution in [2.75, 3.05) is 18.1 Å². The third kappa shape index (κ3) is 5.22. The summed E-state index contributed by atoms with van der Waals surface area (Å²) >= 11 is 0. The molecular weight excluding hydrogens is 428 g/mol. The van der Waals surface area contributed by atoms with Gasteiger partial charge in [-0.1, -0.05) is 19.9 Å². The van der Waals surface area contributed by atoms with Crippen molar-refractivity contribution in [2.45, 2.75) is 59.9 Å². The number of fused-ring (bicyclic) bond motifs is 2. The molecule has 0 amide bonds. The number of nitrogens with zero attached hydrogens (tertiary/aromatic N) is 2. The lowest BCUT2D eigenvalue weighted by Gasteiger charge is -2.43. The molecule has 3 aromatic rings. The van der Waals surface area contributed by atoms with Crippen molar-refractivity contribution < 1.29 is 13.9 Å². The predicted octanol–water partition coefficient (Wildman–Crippen LogP) is 6.23. The quantitative estimate of drug-likeness (QED) is 0.320. The number of carbonyl (C=O) groups excluding carboxylic acids is 1. The highest BCUT2D eigenvalue weighted by Crippen LogP contribution is 2.41. The highest BCUT2D eigenvalue weighted by Gasteiger charge is 2.31. The van der Waals surface area contributed by atoms with Gasteiger partial charge in [0.1, 0.15) is 5.58 Å². The standard InChI is InChI=1S/C26H28N2O4.C2H6/c1-5-31-24(29)7-6-12-28-22-15-23-19(13-20(22)17(2)16-26(28,3)4)14-21(25(30)32-23)18-8-10-27-11-9-18;1-2/h8-11,13-16H,5-7,12H2,1-4H3;1-2H3. The summed E-state index contributed by atoms with van der Waals surface area (Å²) in [5, 5.41) is 0.870. The molecule has 0 bridgehead atoms. The normalized spacial score (nSPS) is 14.1. The Morgan fingerprint density at radius 3 is 2.47 bits per heavy atom. The Balaban J connectivity index is 0.00000158. The summed E-state index contributed by atoms with van der Waals surface area (Å²) in [6, 6.07) is 9.52. The molecule has 1 aliphatic heterocycles. The zero-order valence-electron chi connectivity index (χ0n) is 21.0. The van der Waals surface area contributed by atoms with Crippen LogP contribution < -0.4 is 10.5 Å². The van der Waals surface area contributed by atoms with Gasteiger partial charge < -0.3 is 14.1 Å². The molecule has 6 heteroatoms. The monoisotopic (exact) mass is 462 g/mol. The lowest BCUT2D eigenvalue weighted by Crippen LogP contribution is -2.45. The van der Waals surface area contributed by atoms with Crippen molar-refractivity contribution in [1.29, 1.82) is 0 Å². The van der Waals surface area contributed by atoms with Crippen LogP contribution in [0.5, 0.6) is 0 Å². The number of ether oxygens (including phenoxy) is 1. The van der Waals surface area contributed by atoms with Gasteiger partial charge in [-0.3, -0.25) is 9.78 Å². The molecule has 0 saturated carbocycles. The van der Waals surface area contributed by atoms with Crippen LogP contribution in [0.15, 0.2) is 58.0 Å².